The second-order valence-electron chi connectivity index (χ2n) is 11.4. The minimum Gasteiger partial charge on any atom is -1.00 e. The zero-order valence-corrected chi connectivity index (χ0v) is 38.4. The van der Waals surface area contributed by atoms with Crippen LogP contribution in [0.15, 0.2) is 121 Å². The normalized spacial score (nSPS) is 12.0. The second-order valence-corrected chi connectivity index (χ2v) is 27.1. The van der Waals surface area contributed by atoms with Crippen molar-refractivity contribution in [3.8, 4) is 22.3 Å². The van der Waals surface area contributed by atoms with E-state index in [1.165, 1.54) is 68.7 Å². The van der Waals surface area contributed by atoms with Crippen LogP contribution in [0.25, 0.3) is 22.3 Å². The summed E-state index contributed by atoms with van der Waals surface area (Å²) in [7, 11) is 0. The first-order valence-electron chi connectivity index (χ1n) is 17.2. The van der Waals surface area contributed by atoms with Crippen LogP contribution in [0.1, 0.15) is 62.8 Å². The van der Waals surface area contributed by atoms with Gasteiger partial charge in [0.25, 0.3) is 0 Å². The first-order valence-corrected chi connectivity index (χ1v) is 28.4. The summed E-state index contributed by atoms with van der Waals surface area (Å²) in [4.78, 5) is 0. The quantitative estimate of drug-likeness (QED) is 0.154. The van der Waals surface area contributed by atoms with Crippen LogP contribution < -0.4 is 24.8 Å². The summed E-state index contributed by atoms with van der Waals surface area (Å²) in [6.07, 6.45) is 22.1. The van der Waals surface area contributed by atoms with Gasteiger partial charge in [-0.1, -0.05) is 70.8 Å². The molecule has 0 saturated carbocycles. The van der Waals surface area contributed by atoms with E-state index in [0.29, 0.717) is 0 Å². The van der Waals surface area contributed by atoms with Gasteiger partial charge < -0.3 is 24.8 Å². The molecule has 0 bridgehead atoms. The minimum absolute atomic E-state index is 0. The number of hydrogen-bond acceptors (Lipinski definition) is 0. The standard InChI is InChI=1S/2C13H9.2C5H5.2C4H10Si.2ClH.2Zr/c2*1-3-7-12-10(5-1)9-11-6-2-4-8-13(11)12;2*1-2-4-5-3-1;2*1-3-5-4-2;;;;/h2*1-5,7-8H,9H2;2*1-3H,4H2;2*3-4H2,1-2H3;2*1H;;/q4*-1;;;;;2*+2/p-2. The average molecular weight is 886 g/mol. The van der Waals surface area contributed by atoms with Crippen LogP contribution in [0.2, 0.25) is 24.2 Å². The molecule has 0 nitrogen and oxygen atoms in total. The van der Waals surface area contributed by atoms with Crippen molar-refractivity contribution in [3.05, 3.63) is 168 Å². The third kappa shape index (κ3) is 16.5. The van der Waals surface area contributed by atoms with E-state index >= 15 is 0 Å². The van der Waals surface area contributed by atoms with Crippen LogP contribution in [-0.2, 0) is 59.5 Å². The summed E-state index contributed by atoms with van der Waals surface area (Å²) in [5, 5.41) is 0. The van der Waals surface area contributed by atoms with Gasteiger partial charge in [0.15, 0.2) is 0 Å². The number of fused-ring (bicyclic) bond motifs is 6. The van der Waals surface area contributed by atoms with Crippen LogP contribution in [0, 0.1) is 24.3 Å². The van der Waals surface area contributed by atoms with E-state index in [9.17, 15) is 0 Å². The van der Waals surface area contributed by atoms with Crippen molar-refractivity contribution in [1.82, 2.24) is 0 Å². The molecule has 0 radical (unpaired) electrons. The maximum absolute atomic E-state index is 3.30. The number of hydrogen-bond donors (Lipinski definition) is 0. The second kappa shape index (κ2) is 28.2. The van der Waals surface area contributed by atoms with E-state index in [-0.39, 0.29) is 35.7 Å². The van der Waals surface area contributed by atoms with Gasteiger partial charge in [-0.2, -0.15) is 71.8 Å². The summed E-state index contributed by atoms with van der Waals surface area (Å²) in [6, 6.07) is 42.1. The SMILES string of the molecule is CC[Si](=[Zr+2])CC.CC[Si](=[Zr+2])CC.[C-]1=CC=CC1.[C-]1=CC=CC1.[Cl-].[Cl-].[c-]1cccc2c1Cc1ccccc1-2.[c-]1cccc2c1Cc1ccccc1-2. The predicted molar refractivity (Wildman–Crippen MR) is 204 cm³/mol. The van der Waals surface area contributed by atoms with Crippen LogP contribution in [-0.4, -0.2) is 10.9 Å². The molecule has 8 rings (SSSR count). The zero-order valence-electron chi connectivity index (χ0n) is 30.0. The fourth-order valence-corrected chi connectivity index (χ4v) is 6.18. The zero-order chi connectivity index (χ0) is 34.4. The van der Waals surface area contributed by atoms with Gasteiger partial charge in [0.05, 0.1) is 0 Å². The monoisotopic (exact) mass is 882 g/mol. The Hall–Kier alpha value is -1.38. The van der Waals surface area contributed by atoms with Crippen LogP contribution >= 0.6 is 0 Å². The molecule has 4 aliphatic rings. The molecule has 4 aliphatic carbocycles. The fraction of sp³-hybridized carbons (Fsp3) is 0.273. The van der Waals surface area contributed by atoms with Crippen LogP contribution in [0.5, 0.6) is 0 Å². The van der Waals surface area contributed by atoms with Crippen molar-refractivity contribution in [2.24, 2.45) is 0 Å². The predicted octanol–water partition coefficient (Wildman–Crippen LogP) is 5.86. The van der Waals surface area contributed by atoms with Gasteiger partial charge in [0, 0.05) is 0 Å². The van der Waals surface area contributed by atoms with Gasteiger partial charge in [-0.25, -0.2) is 24.3 Å². The molecule has 0 fully saturated rings. The van der Waals surface area contributed by atoms with Crippen LogP contribution in [0.4, 0.5) is 0 Å². The molecule has 4 aromatic rings. The first-order chi connectivity index (χ1) is 23.5. The Morgan fingerprint density at radius 1 is 0.520 bits per heavy atom. The molecule has 256 valence electrons. The number of rotatable bonds is 4. The summed E-state index contributed by atoms with van der Waals surface area (Å²) < 4.78 is 0. The Bertz CT molecular complexity index is 1480. The van der Waals surface area contributed by atoms with E-state index in [1.54, 1.807) is 46.7 Å². The molecule has 6 heteroatoms. The van der Waals surface area contributed by atoms with Gasteiger partial charge in [0.1, 0.15) is 0 Å². The number of halogens is 2. The minimum atomic E-state index is 0. The van der Waals surface area contributed by atoms with E-state index in [2.05, 4.69) is 137 Å². The van der Waals surface area contributed by atoms with Crippen molar-refractivity contribution in [3.63, 3.8) is 0 Å². The van der Waals surface area contributed by atoms with Gasteiger partial charge in [-0.05, 0) is 12.8 Å². The van der Waals surface area contributed by atoms with Gasteiger partial charge >= 0.3 is 109 Å². The Morgan fingerprint density at radius 3 is 1.16 bits per heavy atom. The Kier molecular flexibility index (Phi) is 26.3. The molecule has 0 spiro atoms. The smallest absolute Gasteiger partial charge is 0.0253 e. The molecule has 0 unspecified atom stereocenters. The molecule has 0 saturated heterocycles. The van der Waals surface area contributed by atoms with Crippen molar-refractivity contribution in [2.45, 2.75) is 77.6 Å². The van der Waals surface area contributed by atoms with Gasteiger partial charge in [0.2, 0.25) is 0 Å². The molecular formula is C44H48Cl2Si2Zr2-2. The average Bonchev–Trinajstić information content (AvgIpc) is 3.99. The largest absolute Gasteiger partial charge is 1.00 e. The maximum Gasteiger partial charge on any atom is -0.0253 e. The Morgan fingerprint density at radius 2 is 0.880 bits per heavy atom. The summed E-state index contributed by atoms with van der Waals surface area (Å²) in [5.74, 6) is 0. The molecule has 0 atom stereocenters. The molecule has 0 aliphatic heterocycles. The van der Waals surface area contributed by atoms with E-state index in [0.717, 1.165) is 25.7 Å². The molecule has 4 aromatic carbocycles. The van der Waals surface area contributed by atoms with Crippen LogP contribution in [0.3, 0.4) is 0 Å². The third-order valence-electron chi connectivity index (χ3n) is 8.11. The van der Waals surface area contributed by atoms with Crippen molar-refractivity contribution in [1.29, 1.82) is 0 Å². The van der Waals surface area contributed by atoms with Crippen molar-refractivity contribution < 1.29 is 71.5 Å². The van der Waals surface area contributed by atoms with E-state index in [4.69, 9.17) is 0 Å². The maximum atomic E-state index is 3.30. The van der Waals surface area contributed by atoms with Crippen molar-refractivity contribution in [2.75, 3.05) is 0 Å². The number of allylic oxidation sites excluding steroid dienone is 8. The molecule has 0 aromatic heterocycles. The van der Waals surface area contributed by atoms with Gasteiger partial charge in [-0.15, -0.1) is 24.0 Å². The fourth-order valence-electron chi connectivity index (χ4n) is 5.18. The Labute approximate surface area is 346 Å². The molecule has 0 N–H and O–H groups in total. The number of benzene rings is 4. The van der Waals surface area contributed by atoms with Crippen molar-refractivity contribution >= 4 is 10.9 Å². The summed E-state index contributed by atoms with van der Waals surface area (Å²) in [5.41, 5.74) is 11.5. The molecule has 50 heavy (non-hydrogen) atoms. The molecule has 0 heterocycles. The first kappa shape index (κ1) is 46.6. The Balaban J connectivity index is 0.000000315. The molecular weight excluding hydrogens is 838 g/mol. The summed E-state index contributed by atoms with van der Waals surface area (Å²) >= 11 is 3.61. The van der Waals surface area contributed by atoms with Gasteiger partial charge in [-0.3, -0.25) is 12.2 Å². The van der Waals surface area contributed by atoms with E-state index in [1.807, 2.05) is 36.4 Å². The summed E-state index contributed by atoms with van der Waals surface area (Å²) in [6.45, 7) is 9.19. The third-order valence-corrected chi connectivity index (χ3v) is 22.0. The molecule has 0 amide bonds. The topological polar surface area (TPSA) is 0 Å². The van der Waals surface area contributed by atoms with E-state index < -0.39 is 0 Å².